The lowest BCUT2D eigenvalue weighted by atomic mass is 9.97. The Hall–Kier alpha value is -3.11. The normalized spacial score (nSPS) is 20.7. The zero-order chi connectivity index (χ0) is 22.2. The molecule has 31 heavy (non-hydrogen) atoms. The molecular weight excluding hydrogens is 410 g/mol. The van der Waals surface area contributed by atoms with Gasteiger partial charge in [0.15, 0.2) is 0 Å². The maximum absolute atomic E-state index is 13.7. The lowest BCUT2D eigenvalue weighted by Gasteiger charge is -2.35. The SMILES string of the molecule is O=C(C[C@H]1CC[C@H](NC(=O)Nc2cc(F)ccc2F)[C@@H](CO)O1)NCc1ccccn1. The molecule has 166 valence electrons. The smallest absolute Gasteiger partial charge is 0.319 e. The van der Waals surface area contributed by atoms with Gasteiger partial charge in [0.2, 0.25) is 5.91 Å². The number of anilines is 1. The third-order valence-electron chi connectivity index (χ3n) is 4.89. The number of rotatable bonds is 7. The number of nitrogens with one attached hydrogen (secondary N) is 3. The van der Waals surface area contributed by atoms with Crippen molar-refractivity contribution in [3.8, 4) is 0 Å². The van der Waals surface area contributed by atoms with Gasteiger partial charge >= 0.3 is 6.03 Å². The second-order valence-electron chi connectivity index (χ2n) is 7.19. The van der Waals surface area contributed by atoms with Crippen LogP contribution in [-0.4, -0.2) is 46.9 Å². The van der Waals surface area contributed by atoms with Gasteiger partial charge in [-0.05, 0) is 37.1 Å². The minimum absolute atomic E-state index is 0.108. The van der Waals surface area contributed by atoms with Crippen LogP contribution in [0.5, 0.6) is 0 Å². The average molecular weight is 434 g/mol. The monoisotopic (exact) mass is 434 g/mol. The van der Waals surface area contributed by atoms with Crippen molar-refractivity contribution in [1.82, 2.24) is 15.6 Å². The Morgan fingerprint density at radius 1 is 1.19 bits per heavy atom. The third kappa shape index (κ3) is 6.69. The summed E-state index contributed by atoms with van der Waals surface area (Å²) in [5.41, 5.74) is 0.441. The molecule has 0 radical (unpaired) electrons. The van der Waals surface area contributed by atoms with Gasteiger partial charge in [0.1, 0.15) is 17.7 Å². The van der Waals surface area contributed by atoms with Gasteiger partial charge in [-0.15, -0.1) is 0 Å². The molecule has 3 rings (SSSR count). The summed E-state index contributed by atoms with van der Waals surface area (Å²) in [7, 11) is 0. The molecule has 2 heterocycles. The summed E-state index contributed by atoms with van der Waals surface area (Å²) >= 11 is 0. The quantitative estimate of drug-likeness (QED) is 0.533. The van der Waals surface area contributed by atoms with Gasteiger partial charge in [-0.1, -0.05) is 6.07 Å². The first-order valence-corrected chi connectivity index (χ1v) is 9.90. The number of aromatic nitrogens is 1. The highest BCUT2D eigenvalue weighted by molar-refractivity contribution is 5.89. The lowest BCUT2D eigenvalue weighted by molar-refractivity contribution is -0.130. The van der Waals surface area contributed by atoms with E-state index in [0.29, 0.717) is 19.4 Å². The predicted octanol–water partition coefficient (Wildman–Crippen LogP) is 2.10. The number of ether oxygens (including phenoxy) is 1. The molecule has 8 nitrogen and oxygen atoms in total. The summed E-state index contributed by atoms with van der Waals surface area (Å²) < 4.78 is 32.7. The minimum atomic E-state index is -0.771. The number of halogens is 2. The first kappa shape index (κ1) is 22.6. The Labute approximate surface area is 178 Å². The van der Waals surface area contributed by atoms with Crippen molar-refractivity contribution in [2.45, 2.75) is 44.1 Å². The van der Waals surface area contributed by atoms with Crippen molar-refractivity contribution in [3.05, 3.63) is 59.9 Å². The number of hydrogen-bond acceptors (Lipinski definition) is 5. The van der Waals surface area contributed by atoms with Crippen LogP contribution in [0.3, 0.4) is 0 Å². The van der Waals surface area contributed by atoms with Crippen molar-refractivity contribution in [2.75, 3.05) is 11.9 Å². The summed E-state index contributed by atoms with van der Waals surface area (Å²) in [6.07, 6.45) is 1.53. The van der Waals surface area contributed by atoms with Crippen LogP contribution < -0.4 is 16.0 Å². The molecule has 1 saturated heterocycles. The number of aliphatic hydroxyl groups is 1. The Bertz CT molecular complexity index is 900. The van der Waals surface area contributed by atoms with E-state index in [-0.39, 0.29) is 24.6 Å². The highest BCUT2D eigenvalue weighted by atomic mass is 19.1. The molecule has 0 bridgehead atoms. The molecule has 1 aliphatic rings. The fourth-order valence-corrected chi connectivity index (χ4v) is 3.34. The lowest BCUT2D eigenvalue weighted by Crippen LogP contribution is -2.52. The average Bonchev–Trinajstić information content (AvgIpc) is 2.76. The summed E-state index contributed by atoms with van der Waals surface area (Å²) in [6.45, 7) is -0.0673. The van der Waals surface area contributed by atoms with Gasteiger partial charge in [-0.2, -0.15) is 0 Å². The van der Waals surface area contributed by atoms with Crippen molar-refractivity contribution in [1.29, 1.82) is 0 Å². The zero-order valence-corrected chi connectivity index (χ0v) is 16.7. The summed E-state index contributed by atoms with van der Waals surface area (Å²) in [6, 6.07) is 6.85. The van der Waals surface area contributed by atoms with E-state index >= 15 is 0 Å². The molecular formula is C21H24F2N4O4. The molecule has 1 fully saturated rings. The number of nitrogens with zero attached hydrogens (tertiary/aromatic N) is 1. The maximum atomic E-state index is 13.7. The van der Waals surface area contributed by atoms with Crippen LogP contribution in [0.2, 0.25) is 0 Å². The molecule has 0 aliphatic carbocycles. The fraction of sp³-hybridized carbons (Fsp3) is 0.381. The molecule has 3 atom stereocenters. The number of aliphatic hydroxyl groups excluding tert-OH is 1. The zero-order valence-electron chi connectivity index (χ0n) is 16.7. The molecule has 10 heteroatoms. The van der Waals surface area contributed by atoms with Gasteiger partial charge in [0, 0.05) is 12.3 Å². The molecule has 0 unspecified atom stereocenters. The molecule has 3 amide bonds. The van der Waals surface area contributed by atoms with Gasteiger partial charge < -0.3 is 25.8 Å². The molecule has 4 N–H and O–H groups in total. The summed E-state index contributed by atoms with van der Waals surface area (Å²) in [5.74, 6) is -1.67. The number of benzene rings is 1. The first-order valence-electron chi connectivity index (χ1n) is 9.90. The third-order valence-corrected chi connectivity index (χ3v) is 4.89. The highest BCUT2D eigenvalue weighted by Gasteiger charge is 2.33. The van der Waals surface area contributed by atoms with Crippen LogP contribution in [-0.2, 0) is 16.1 Å². The van der Waals surface area contributed by atoms with Gasteiger partial charge in [0.05, 0.1) is 43.1 Å². The second-order valence-corrected chi connectivity index (χ2v) is 7.19. The van der Waals surface area contributed by atoms with Crippen LogP contribution in [0.15, 0.2) is 42.6 Å². The van der Waals surface area contributed by atoms with Gasteiger partial charge in [-0.3, -0.25) is 9.78 Å². The number of amides is 3. The van der Waals surface area contributed by atoms with E-state index in [9.17, 15) is 23.5 Å². The molecule has 1 aromatic heterocycles. The maximum Gasteiger partial charge on any atom is 0.319 e. The van der Waals surface area contributed by atoms with Crippen LogP contribution in [0, 0.1) is 11.6 Å². The van der Waals surface area contributed by atoms with E-state index in [1.807, 2.05) is 6.07 Å². The summed E-state index contributed by atoms with van der Waals surface area (Å²) in [4.78, 5) is 28.5. The molecule has 2 aromatic rings. The Morgan fingerprint density at radius 2 is 2.03 bits per heavy atom. The topological polar surface area (TPSA) is 113 Å². The second kappa shape index (κ2) is 10.8. The first-order chi connectivity index (χ1) is 14.9. The fourth-order valence-electron chi connectivity index (χ4n) is 3.34. The van der Waals surface area contributed by atoms with Crippen LogP contribution in [0.4, 0.5) is 19.3 Å². The van der Waals surface area contributed by atoms with Crippen molar-refractivity contribution in [2.24, 2.45) is 0 Å². The van der Waals surface area contributed by atoms with Crippen LogP contribution in [0.1, 0.15) is 25.0 Å². The van der Waals surface area contributed by atoms with Crippen molar-refractivity contribution in [3.63, 3.8) is 0 Å². The summed E-state index contributed by atoms with van der Waals surface area (Å²) in [5, 5.41) is 17.3. The largest absolute Gasteiger partial charge is 0.394 e. The van der Waals surface area contributed by atoms with E-state index in [4.69, 9.17) is 4.74 Å². The standard InChI is InChI=1S/C21H24F2N4O4/c22-13-4-6-16(23)18(9-13)27-21(30)26-17-7-5-15(31-19(17)12-28)10-20(29)25-11-14-3-1-2-8-24-14/h1-4,6,8-9,15,17,19,28H,5,7,10-12H2,(H,25,29)(H2,26,27,30)/t15-,17+,19-/m1/s1. The Kier molecular flexibility index (Phi) is 7.85. The van der Waals surface area contributed by atoms with Crippen molar-refractivity contribution >= 4 is 17.6 Å². The minimum Gasteiger partial charge on any atom is -0.394 e. The van der Waals surface area contributed by atoms with Crippen LogP contribution in [0.25, 0.3) is 0 Å². The predicted molar refractivity (Wildman–Crippen MR) is 108 cm³/mol. The molecule has 0 saturated carbocycles. The van der Waals surface area contributed by atoms with E-state index in [0.717, 1.165) is 23.9 Å². The van der Waals surface area contributed by atoms with Gasteiger partial charge in [0.25, 0.3) is 0 Å². The van der Waals surface area contributed by atoms with E-state index in [1.165, 1.54) is 0 Å². The number of hydrogen-bond donors (Lipinski definition) is 4. The van der Waals surface area contributed by atoms with E-state index in [1.54, 1.807) is 18.3 Å². The number of carbonyl (C=O) groups excluding carboxylic acids is 2. The molecule has 0 spiro atoms. The highest BCUT2D eigenvalue weighted by Crippen LogP contribution is 2.22. The number of pyridine rings is 1. The van der Waals surface area contributed by atoms with Gasteiger partial charge in [-0.25, -0.2) is 13.6 Å². The van der Waals surface area contributed by atoms with Crippen molar-refractivity contribution < 1.29 is 28.2 Å². The Morgan fingerprint density at radius 3 is 2.77 bits per heavy atom. The number of carbonyl (C=O) groups is 2. The molecule has 1 aliphatic heterocycles. The van der Waals surface area contributed by atoms with Crippen LogP contribution >= 0.6 is 0 Å². The van der Waals surface area contributed by atoms with E-state index in [2.05, 4.69) is 20.9 Å². The van der Waals surface area contributed by atoms with E-state index < -0.39 is 35.9 Å². The Balaban J connectivity index is 1.46. The molecule has 1 aromatic carbocycles. The number of urea groups is 1.